The number of carboxylic acid groups (broad SMARTS) is 2. The van der Waals surface area contributed by atoms with Crippen LogP contribution in [0.5, 0.6) is 0 Å². The Balaban J connectivity index is 2.32. The van der Waals surface area contributed by atoms with Crippen molar-refractivity contribution in [2.45, 2.75) is 18.0 Å². The fourth-order valence-electron chi connectivity index (χ4n) is 2.83. The van der Waals surface area contributed by atoms with E-state index in [2.05, 4.69) is 10.0 Å². The van der Waals surface area contributed by atoms with Gasteiger partial charge in [0.05, 0.1) is 5.92 Å². The normalized spacial score (nSPS) is 44.3. The maximum atomic E-state index is 11.0. The molecule has 0 amide bonds. The number of azide groups is 1. The van der Waals surface area contributed by atoms with Crippen LogP contribution in [0.25, 0.3) is 10.4 Å². The van der Waals surface area contributed by atoms with E-state index in [4.69, 9.17) is 21.5 Å². The van der Waals surface area contributed by atoms with Crippen molar-refractivity contribution in [3.05, 3.63) is 10.4 Å². The first-order chi connectivity index (χ1) is 7.43. The van der Waals surface area contributed by atoms with Crippen molar-refractivity contribution >= 4 is 11.9 Å². The molecule has 0 heterocycles. The van der Waals surface area contributed by atoms with Crippen LogP contribution in [0.15, 0.2) is 5.11 Å². The second-order valence-corrected chi connectivity index (χ2v) is 4.29. The van der Waals surface area contributed by atoms with Gasteiger partial charge in [0.15, 0.2) is 0 Å². The van der Waals surface area contributed by atoms with Crippen LogP contribution < -0.4 is 5.73 Å². The summed E-state index contributed by atoms with van der Waals surface area (Å²) in [5, 5.41) is 21.3. The van der Waals surface area contributed by atoms with E-state index in [0.29, 0.717) is 0 Å². The molecule has 8 heteroatoms. The fourth-order valence-corrected chi connectivity index (χ4v) is 2.83. The lowest BCUT2D eigenvalue weighted by Crippen LogP contribution is -2.50. The number of fused-ring (bicyclic) bond motifs is 1. The summed E-state index contributed by atoms with van der Waals surface area (Å²) in [7, 11) is 0. The van der Waals surface area contributed by atoms with E-state index in [-0.39, 0.29) is 6.42 Å². The number of carbonyl (C=O) groups is 2. The molecule has 0 aromatic carbocycles. The summed E-state index contributed by atoms with van der Waals surface area (Å²) in [6, 6.07) is -0.628. The predicted octanol–water partition coefficient (Wildman–Crippen LogP) is -0.202. The lowest BCUT2D eigenvalue weighted by molar-refractivity contribution is -0.145. The Hall–Kier alpha value is -1.79. The zero-order chi connectivity index (χ0) is 12.1. The summed E-state index contributed by atoms with van der Waals surface area (Å²) in [4.78, 5) is 24.5. The van der Waals surface area contributed by atoms with Gasteiger partial charge in [0.1, 0.15) is 5.54 Å². The highest BCUT2D eigenvalue weighted by Gasteiger charge is 2.73. The summed E-state index contributed by atoms with van der Waals surface area (Å²) in [6.07, 6.45) is 0.00546. The maximum Gasteiger partial charge on any atom is 0.324 e. The van der Waals surface area contributed by atoms with Crippen LogP contribution in [-0.4, -0.2) is 33.7 Å². The zero-order valence-corrected chi connectivity index (χ0v) is 8.15. The highest BCUT2D eigenvalue weighted by Crippen LogP contribution is 2.62. The molecule has 2 aliphatic rings. The van der Waals surface area contributed by atoms with E-state index in [1.165, 1.54) is 0 Å². The Morgan fingerprint density at radius 2 is 2.12 bits per heavy atom. The molecule has 2 saturated carbocycles. The monoisotopic (exact) mass is 226 g/mol. The maximum absolute atomic E-state index is 11.0. The lowest BCUT2D eigenvalue weighted by atomic mass is 9.90. The van der Waals surface area contributed by atoms with E-state index < -0.39 is 41.3 Å². The van der Waals surface area contributed by atoms with Crippen molar-refractivity contribution in [3.8, 4) is 0 Å². The lowest BCUT2D eigenvalue weighted by Gasteiger charge is -2.22. The molecule has 0 aromatic rings. The summed E-state index contributed by atoms with van der Waals surface area (Å²) >= 11 is 0. The second-order valence-electron chi connectivity index (χ2n) is 4.29. The molecule has 8 nitrogen and oxygen atoms in total. The Labute approximate surface area is 89.7 Å². The van der Waals surface area contributed by atoms with Gasteiger partial charge in [-0.3, -0.25) is 9.59 Å². The molecule has 0 bridgehead atoms. The molecule has 4 N–H and O–H groups in total. The first-order valence-corrected chi connectivity index (χ1v) is 4.72. The topological polar surface area (TPSA) is 149 Å². The molecule has 0 aliphatic heterocycles. The highest BCUT2D eigenvalue weighted by atomic mass is 16.4. The van der Waals surface area contributed by atoms with Gasteiger partial charge in [-0.25, -0.2) is 0 Å². The number of carboxylic acids is 2. The van der Waals surface area contributed by atoms with Crippen LogP contribution >= 0.6 is 0 Å². The van der Waals surface area contributed by atoms with Gasteiger partial charge in [-0.15, -0.1) is 0 Å². The minimum atomic E-state index is -1.58. The van der Waals surface area contributed by atoms with Crippen LogP contribution in [0.2, 0.25) is 0 Å². The van der Waals surface area contributed by atoms with Gasteiger partial charge in [-0.2, -0.15) is 0 Å². The molecule has 86 valence electrons. The van der Waals surface area contributed by atoms with Crippen molar-refractivity contribution in [2.24, 2.45) is 28.6 Å². The molecule has 2 fully saturated rings. The van der Waals surface area contributed by atoms with Gasteiger partial charge < -0.3 is 15.9 Å². The van der Waals surface area contributed by atoms with Crippen molar-refractivity contribution in [2.75, 3.05) is 0 Å². The second kappa shape index (κ2) is 3.10. The Morgan fingerprint density at radius 1 is 1.50 bits per heavy atom. The van der Waals surface area contributed by atoms with E-state index in [9.17, 15) is 9.59 Å². The van der Waals surface area contributed by atoms with Crippen LogP contribution in [0, 0.1) is 17.8 Å². The van der Waals surface area contributed by atoms with Crippen LogP contribution in [0.1, 0.15) is 6.42 Å². The number of hydrogen-bond acceptors (Lipinski definition) is 4. The summed E-state index contributed by atoms with van der Waals surface area (Å²) in [6.45, 7) is 0. The number of nitrogens with two attached hydrogens (primary N) is 1. The Bertz CT molecular complexity index is 418. The van der Waals surface area contributed by atoms with Gasteiger partial charge in [0, 0.05) is 16.9 Å². The molecule has 0 radical (unpaired) electrons. The molecule has 2 aliphatic carbocycles. The summed E-state index contributed by atoms with van der Waals surface area (Å²) < 4.78 is 0. The van der Waals surface area contributed by atoms with Gasteiger partial charge in [-0.05, 0) is 17.9 Å². The minimum absolute atomic E-state index is 0.00546. The molecule has 0 spiro atoms. The molecule has 0 unspecified atom stereocenters. The molecule has 16 heavy (non-hydrogen) atoms. The zero-order valence-electron chi connectivity index (χ0n) is 8.15. The third kappa shape index (κ3) is 1.17. The van der Waals surface area contributed by atoms with Crippen molar-refractivity contribution in [3.63, 3.8) is 0 Å². The minimum Gasteiger partial charge on any atom is -0.481 e. The van der Waals surface area contributed by atoms with Crippen LogP contribution in [0.3, 0.4) is 0 Å². The van der Waals surface area contributed by atoms with Gasteiger partial charge in [0.25, 0.3) is 0 Å². The first kappa shape index (κ1) is 10.7. The van der Waals surface area contributed by atoms with E-state index in [0.717, 1.165) is 0 Å². The first-order valence-electron chi connectivity index (χ1n) is 4.72. The summed E-state index contributed by atoms with van der Waals surface area (Å²) in [5.74, 6) is -4.18. The highest BCUT2D eigenvalue weighted by molar-refractivity contribution is 5.85. The SMILES string of the molecule is [N-]=[N+]=N[C@@H]1C[C@@](N)(C(=O)O)[C@@H]2[C@@H](C(=O)O)[C@@H]21. The molecular weight excluding hydrogens is 216 g/mol. The number of nitrogens with zero attached hydrogens (tertiary/aromatic N) is 3. The van der Waals surface area contributed by atoms with E-state index >= 15 is 0 Å². The van der Waals surface area contributed by atoms with Crippen molar-refractivity contribution in [1.29, 1.82) is 0 Å². The van der Waals surface area contributed by atoms with Gasteiger partial charge in [0.2, 0.25) is 0 Å². The van der Waals surface area contributed by atoms with Gasteiger partial charge in [-0.1, -0.05) is 5.11 Å². The molecule has 5 atom stereocenters. The predicted molar refractivity (Wildman–Crippen MR) is 50.2 cm³/mol. The average molecular weight is 226 g/mol. The summed E-state index contributed by atoms with van der Waals surface area (Å²) in [5.41, 5.74) is 12.4. The average Bonchev–Trinajstić information content (AvgIpc) is 2.85. The molecule has 2 rings (SSSR count). The standard InChI is InChI=1S/C8H10N4O4/c9-8(7(15)16)1-2(11-12-10)3-4(5(3)8)6(13)14/h2-5H,1,9H2,(H,13,14)(H,15,16)/t2-,3+,4+,5+,8+/m1/s1. The smallest absolute Gasteiger partial charge is 0.324 e. The number of rotatable bonds is 3. The fraction of sp³-hybridized carbons (Fsp3) is 0.750. The third-order valence-corrected chi connectivity index (χ3v) is 3.54. The quantitative estimate of drug-likeness (QED) is 0.346. The van der Waals surface area contributed by atoms with Crippen LogP contribution in [-0.2, 0) is 9.59 Å². The van der Waals surface area contributed by atoms with E-state index in [1.807, 2.05) is 0 Å². The molecule has 0 aromatic heterocycles. The van der Waals surface area contributed by atoms with E-state index in [1.54, 1.807) is 0 Å². The molecular formula is C8H10N4O4. The molecule has 0 saturated heterocycles. The Morgan fingerprint density at radius 3 is 2.56 bits per heavy atom. The third-order valence-electron chi connectivity index (χ3n) is 3.54. The number of hydrogen-bond donors (Lipinski definition) is 3. The van der Waals surface area contributed by atoms with Crippen molar-refractivity contribution < 1.29 is 19.8 Å². The van der Waals surface area contributed by atoms with Gasteiger partial charge >= 0.3 is 11.9 Å². The van der Waals surface area contributed by atoms with Crippen LogP contribution in [0.4, 0.5) is 0 Å². The Kier molecular flexibility index (Phi) is 2.08. The number of aliphatic carboxylic acids is 2. The van der Waals surface area contributed by atoms with Crippen molar-refractivity contribution in [1.82, 2.24) is 0 Å². The largest absolute Gasteiger partial charge is 0.481 e.